The van der Waals surface area contributed by atoms with E-state index >= 15 is 0 Å². The van der Waals surface area contributed by atoms with Crippen LogP contribution in [0.1, 0.15) is 25.2 Å². The van der Waals surface area contributed by atoms with Crippen LogP contribution in [0.3, 0.4) is 0 Å². The van der Waals surface area contributed by atoms with Crippen molar-refractivity contribution in [2.45, 2.75) is 33.3 Å². The first-order valence-electron chi connectivity index (χ1n) is 7.53. The Morgan fingerprint density at radius 3 is 2.29 bits per heavy atom. The summed E-state index contributed by atoms with van der Waals surface area (Å²) in [6.45, 7) is 12.2. The van der Waals surface area contributed by atoms with Crippen molar-refractivity contribution in [1.29, 1.82) is 0 Å². The van der Waals surface area contributed by atoms with Crippen molar-refractivity contribution in [1.82, 2.24) is 14.9 Å². The van der Waals surface area contributed by atoms with Gasteiger partial charge in [-0.15, -0.1) is 0 Å². The molecule has 0 radical (unpaired) electrons. The highest BCUT2D eigenvalue weighted by atomic mass is 16.3. The zero-order chi connectivity index (χ0) is 15.6. The molecule has 1 fully saturated rings. The number of aryl methyl sites for hydroxylation is 1. The van der Waals surface area contributed by atoms with E-state index in [1.54, 1.807) is 0 Å². The number of anilines is 2. The minimum atomic E-state index is -0.636. The highest BCUT2D eigenvalue weighted by molar-refractivity contribution is 5.58. The summed E-state index contributed by atoms with van der Waals surface area (Å²) >= 11 is 0. The maximum absolute atomic E-state index is 9.92. The van der Waals surface area contributed by atoms with Crippen molar-refractivity contribution in [3.63, 3.8) is 0 Å². The first-order valence-corrected chi connectivity index (χ1v) is 7.53. The topological polar surface area (TPSA) is 64.5 Å². The summed E-state index contributed by atoms with van der Waals surface area (Å²) < 4.78 is 0. The Labute approximate surface area is 127 Å². The number of nitrogens with one attached hydrogen (secondary N) is 1. The van der Waals surface area contributed by atoms with Gasteiger partial charge >= 0.3 is 0 Å². The molecule has 2 N–H and O–H groups in total. The number of nitrogens with zero attached hydrogens (tertiary/aromatic N) is 4. The lowest BCUT2D eigenvalue weighted by Gasteiger charge is -2.38. The van der Waals surface area contributed by atoms with E-state index in [1.807, 2.05) is 27.8 Å². The second-order valence-corrected chi connectivity index (χ2v) is 6.39. The van der Waals surface area contributed by atoms with Gasteiger partial charge in [0, 0.05) is 45.3 Å². The van der Waals surface area contributed by atoms with E-state index in [0.29, 0.717) is 6.54 Å². The predicted octanol–water partition coefficient (Wildman–Crippen LogP) is 1.03. The van der Waals surface area contributed by atoms with Gasteiger partial charge in [0.15, 0.2) is 0 Å². The molecule has 118 valence electrons. The van der Waals surface area contributed by atoms with Gasteiger partial charge in [0.2, 0.25) is 0 Å². The third kappa shape index (κ3) is 4.04. The number of hydrogen-bond donors (Lipinski definition) is 2. The highest BCUT2D eigenvalue weighted by Gasteiger charge is 2.24. The molecular weight excluding hydrogens is 266 g/mol. The van der Waals surface area contributed by atoms with Crippen LogP contribution in [-0.4, -0.2) is 65.3 Å². The largest absolute Gasteiger partial charge is 0.389 e. The summed E-state index contributed by atoms with van der Waals surface area (Å²) in [6, 6.07) is 0. The van der Waals surface area contributed by atoms with Gasteiger partial charge in [0.1, 0.15) is 17.5 Å². The Balaban J connectivity index is 2.07. The van der Waals surface area contributed by atoms with E-state index in [0.717, 1.165) is 49.2 Å². The molecule has 0 atom stereocenters. The molecule has 0 aromatic carbocycles. The molecule has 2 heterocycles. The molecule has 1 saturated heterocycles. The van der Waals surface area contributed by atoms with Crippen LogP contribution >= 0.6 is 0 Å². The van der Waals surface area contributed by atoms with Crippen LogP contribution in [0.2, 0.25) is 0 Å². The average Bonchev–Trinajstić information content (AvgIpc) is 2.40. The van der Waals surface area contributed by atoms with Crippen LogP contribution in [-0.2, 0) is 0 Å². The molecule has 6 nitrogen and oxygen atoms in total. The second kappa shape index (κ2) is 6.15. The fourth-order valence-electron chi connectivity index (χ4n) is 2.83. The van der Waals surface area contributed by atoms with Crippen molar-refractivity contribution in [2.24, 2.45) is 0 Å². The Bertz CT molecular complexity index is 490. The van der Waals surface area contributed by atoms with Gasteiger partial charge in [-0.1, -0.05) is 0 Å². The zero-order valence-corrected chi connectivity index (χ0v) is 13.8. The molecular formula is C15H27N5O. The first kappa shape index (κ1) is 16.0. The van der Waals surface area contributed by atoms with Crippen molar-refractivity contribution in [3.8, 4) is 0 Å². The minimum Gasteiger partial charge on any atom is -0.389 e. The van der Waals surface area contributed by atoms with Crippen molar-refractivity contribution in [3.05, 3.63) is 11.4 Å². The molecule has 1 aromatic rings. The molecule has 0 unspecified atom stereocenters. The first-order chi connectivity index (χ1) is 9.80. The molecule has 1 aliphatic rings. The number of β-amino-alcohol motifs (C(OH)–C–C–N with tert-alkyl or cyclic N) is 1. The lowest BCUT2D eigenvalue weighted by Crippen LogP contribution is -2.50. The minimum absolute atomic E-state index is 0.636. The number of aliphatic hydroxyl groups is 1. The fraction of sp³-hybridized carbons (Fsp3) is 0.733. The van der Waals surface area contributed by atoms with Crippen LogP contribution in [0.4, 0.5) is 11.6 Å². The highest BCUT2D eigenvalue weighted by Crippen LogP contribution is 2.24. The van der Waals surface area contributed by atoms with Gasteiger partial charge in [-0.3, -0.25) is 4.90 Å². The fourth-order valence-corrected chi connectivity index (χ4v) is 2.83. The Hall–Kier alpha value is -1.40. The summed E-state index contributed by atoms with van der Waals surface area (Å²) in [5, 5.41) is 13.1. The van der Waals surface area contributed by atoms with Gasteiger partial charge in [0.05, 0.1) is 5.60 Å². The Morgan fingerprint density at radius 1 is 1.14 bits per heavy atom. The molecule has 0 aliphatic carbocycles. The van der Waals surface area contributed by atoms with Crippen LogP contribution in [0.15, 0.2) is 0 Å². The number of hydrogen-bond acceptors (Lipinski definition) is 6. The number of aromatic nitrogens is 2. The van der Waals surface area contributed by atoms with E-state index in [9.17, 15) is 5.11 Å². The standard InChI is InChI=1S/C15H27N5O/c1-11-13(16-5)17-12(2)18-14(11)20-8-6-19(7-9-20)10-15(3,4)21/h21H,6-10H2,1-5H3,(H,16,17,18). The van der Waals surface area contributed by atoms with Gasteiger partial charge in [-0.05, 0) is 27.7 Å². The Kier molecular flexibility index (Phi) is 4.68. The second-order valence-electron chi connectivity index (χ2n) is 6.39. The van der Waals surface area contributed by atoms with Gasteiger partial charge in [-0.25, -0.2) is 9.97 Å². The summed E-state index contributed by atoms with van der Waals surface area (Å²) in [4.78, 5) is 13.6. The SMILES string of the molecule is CNc1nc(C)nc(N2CCN(CC(C)(C)O)CC2)c1C. The predicted molar refractivity (Wildman–Crippen MR) is 86.0 cm³/mol. The Morgan fingerprint density at radius 2 is 1.76 bits per heavy atom. The van der Waals surface area contributed by atoms with E-state index in [-0.39, 0.29) is 0 Å². The number of rotatable bonds is 4. The van der Waals surface area contributed by atoms with E-state index in [1.165, 1.54) is 0 Å². The maximum atomic E-state index is 9.92. The van der Waals surface area contributed by atoms with Gasteiger partial charge < -0.3 is 15.3 Å². The smallest absolute Gasteiger partial charge is 0.137 e. The molecule has 21 heavy (non-hydrogen) atoms. The van der Waals surface area contributed by atoms with Crippen LogP contribution in [0.5, 0.6) is 0 Å². The van der Waals surface area contributed by atoms with E-state index in [4.69, 9.17) is 0 Å². The summed E-state index contributed by atoms with van der Waals surface area (Å²) in [5.41, 5.74) is 0.460. The average molecular weight is 293 g/mol. The molecule has 0 spiro atoms. The summed E-state index contributed by atoms with van der Waals surface area (Å²) in [5.74, 6) is 2.71. The maximum Gasteiger partial charge on any atom is 0.137 e. The lowest BCUT2D eigenvalue weighted by atomic mass is 10.1. The molecule has 0 bridgehead atoms. The normalized spacial score (nSPS) is 17.1. The van der Waals surface area contributed by atoms with Crippen molar-refractivity contribution in [2.75, 3.05) is 50.0 Å². The summed E-state index contributed by atoms with van der Waals surface area (Å²) in [7, 11) is 1.89. The zero-order valence-electron chi connectivity index (χ0n) is 13.8. The lowest BCUT2D eigenvalue weighted by molar-refractivity contribution is 0.0344. The van der Waals surface area contributed by atoms with Crippen LogP contribution in [0.25, 0.3) is 0 Å². The van der Waals surface area contributed by atoms with E-state index < -0.39 is 5.60 Å². The number of piperazine rings is 1. The van der Waals surface area contributed by atoms with Gasteiger partial charge in [-0.2, -0.15) is 0 Å². The van der Waals surface area contributed by atoms with Crippen LogP contribution < -0.4 is 10.2 Å². The third-order valence-corrected chi connectivity index (χ3v) is 3.75. The third-order valence-electron chi connectivity index (χ3n) is 3.75. The van der Waals surface area contributed by atoms with Crippen molar-refractivity contribution >= 4 is 11.6 Å². The molecule has 0 saturated carbocycles. The van der Waals surface area contributed by atoms with Crippen LogP contribution in [0, 0.1) is 13.8 Å². The molecule has 0 amide bonds. The monoisotopic (exact) mass is 293 g/mol. The molecule has 6 heteroatoms. The van der Waals surface area contributed by atoms with E-state index in [2.05, 4.69) is 32.0 Å². The van der Waals surface area contributed by atoms with Crippen molar-refractivity contribution < 1.29 is 5.11 Å². The van der Waals surface area contributed by atoms with Gasteiger partial charge in [0.25, 0.3) is 0 Å². The molecule has 1 aromatic heterocycles. The quantitative estimate of drug-likeness (QED) is 0.864. The summed E-state index contributed by atoms with van der Waals surface area (Å²) in [6.07, 6.45) is 0. The molecule has 2 rings (SSSR count). The molecule has 1 aliphatic heterocycles.